The molecular weight excluding hydrogens is 428 g/mol. The Morgan fingerprint density at radius 3 is 2.85 bits per heavy atom. The third-order valence-electron chi connectivity index (χ3n) is 5.32. The molecule has 3 unspecified atom stereocenters. The molecule has 0 radical (unpaired) electrons. The zero-order valence-corrected chi connectivity index (χ0v) is 18.4. The molecule has 174 valence electrons. The number of ketones is 1. The number of benzene rings is 1. The van der Waals surface area contributed by atoms with Crippen LogP contribution in [0.1, 0.15) is 18.1 Å². The predicted molar refractivity (Wildman–Crippen MR) is 116 cm³/mol. The highest BCUT2D eigenvalue weighted by Gasteiger charge is 2.39. The maximum atomic E-state index is 13.0. The summed E-state index contributed by atoms with van der Waals surface area (Å²) < 4.78 is 16.3. The number of hydrogen-bond donors (Lipinski definition) is 2. The fourth-order valence-electron chi connectivity index (χ4n) is 3.72. The number of fused-ring (bicyclic) bond motifs is 1. The highest BCUT2D eigenvalue weighted by Crippen LogP contribution is 2.31. The van der Waals surface area contributed by atoms with Gasteiger partial charge in [0.05, 0.1) is 17.6 Å². The Balaban J connectivity index is 1.70. The Morgan fingerprint density at radius 1 is 1.39 bits per heavy atom. The molecule has 1 aromatic rings. The van der Waals surface area contributed by atoms with Crippen molar-refractivity contribution >= 4 is 17.6 Å². The van der Waals surface area contributed by atoms with Gasteiger partial charge < -0.3 is 30.2 Å². The van der Waals surface area contributed by atoms with Crippen LogP contribution in [0.15, 0.2) is 42.1 Å². The van der Waals surface area contributed by atoms with Crippen molar-refractivity contribution in [3.8, 4) is 11.8 Å². The minimum atomic E-state index is -0.941. The van der Waals surface area contributed by atoms with E-state index in [2.05, 4.69) is 5.32 Å². The van der Waals surface area contributed by atoms with Crippen molar-refractivity contribution in [2.75, 3.05) is 26.9 Å². The van der Waals surface area contributed by atoms with Crippen LogP contribution in [-0.2, 0) is 30.4 Å². The van der Waals surface area contributed by atoms with E-state index in [0.717, 1.165) is 5.57 Å². The zero-order chi connectivity index (χ0) is 24.0. The summed E-state index contributed by atoms with van der Waals surface area (Å²) in [6.45, 7) is 2.08. The monoisotopic (exact) mass is 454 g/mol. The van der Waals surface area contributed by atoms with Crippen molar-refractivity contribution in [3.63, 3.8) is 0 Å². The number of rotatable bonds is 10. The Bertz CT molecular complexity index is 1030. The van der Waals surface area contributed by atoms with Crippen LogP contribution in [0.25, 0.3) is 0 Å². The molecule has 10 nitrogen and oxygen atoms in total. The zero-order valence-electron chi connectivity index (χ0n) is 18.4. The second-order valence-electron chi connectivity index (χ2n) is 7.51. The van der Waals surface area contributed by atoms with E-state index in [1.54, 1.807) is 36.2 Å². The number of nitriles is 1. The van der Waals surface area contributed by atoms with Crippen molar-refractivity contribution in [2.45, 2.75) is 25.8 Å². The highest BCUT2D eigenvalue weighted by atomic mass is 16.5. The van der Waals surface area contributed by atoms with Gasteiger partial charge in [-0.25, -0.2) is 0 Å². The van der Waals surface area contributed by atoms with Crippen LogP contribution in [0.4, 0.5) is 0 Å². The van der Waals surface area contributed by atoms with Crippen molar-refractivity contribution < 1.29 is 28.6 Å². The molecule has 1 heterocycles. The van der Waals surface area contributed by atoms with Gasteiger partial charge in [0, 0.05) is 38.6 Å². The molecule has 2 aliphatic rings. The number of carbonyl (C=O) groups excluding carboxylic acids is 3. The topological polar surface area (TPSA) is 144 Å². The first-order valence-corrected chi connectivity index (χ1v) is 10.4. The number of carbonyl (C=O) groups is 3. The molecule has 10 heteroatoms. The summed E-state index contributed by atoms with van der Waals surface area (Å²) in [4.78, 5) is 38.4. The Labute approximate surface area is 191 Å². The summed E-state index contributed by atoms with van der Waals surface area (Å²) in [6, 6.07) is 6.68. The van der Waals surface area contributed by atoms with Gasteiger partial charge in [-0.1, -0.05) is 12.1 Å². The second kappa shape index (κ2) is 10.8. The fraction of sp³-hybridized carbons (Fsp3) is 0.391. The normalized spacial score (nSPS) is 20.0. The Kier molecular flexibility index (Phi) is 7.82. The first-order chi connectivity index (χ1) is 15.9. The minimum absolute atomic E-state index is 0.0572. The van der Waals surface area contributed by atoms with Crippen molar-refractivity contribution in [2.24, 2.45) is 11.7 Å². The summed E-state index contributed by atoms with van der Waals surface area (Å²) in [5.74, 6) is -1.23. The van der Waals surface area contributed by atoms with Gasteiger partial charge in [-0.3, -0.25) is 14.4 Å². The molecule has 2 amide bonds. The standard InChI is InChI=1S/C23H26N4O6/c1-3-32-23(27-11-16-6-7-18(31-2)21(29)17(16)12-27)22(30)26-10-15-5-4-14(9-24)8-19(15)33-13-20(25)28/h4-8,11,17-18,23H,3,10,12-13H2,1-2H3,(H2,25,28)(H,26,30). The lowest BCUT2D eigenvalue weighted by atomic mass is 9.88. The summed E-state index contributed by atoms with van der Waals surface area (Å²) in [5, 5.41) is 11.9. The van der Waals surface area contributed by atoms with Crippen LogP contribution in [0.3, 0.4) is 0 Å². The van der Waals surface area contributed by atoms with Gasteiger partial charge in [0.15, 0.2) is 12.4 Å². The van der Waals surface area contributed by atoms with Gasteiger partial charge in [-0.05, 0) is 30.7 Å². The molecule has 0 bridgehead atoms. The largest absolute Gasteiger partial charge is 0.483 e. The summed E-state index contributed by atoms with van der Waals surface area (Å²) in [7, 11) is 1.48. The third kappa shape index (κ3) is 5.58. The van der Waals surface area contributed by atoms with E-state index in [-0.39, 0.29) is 37.2 Å². The number of amides is 2. The van der Waals surface area contributed by atoms with Gasteiger partial charge in [0.1, 0.15) is 11.9 Å². The van der Waals surface area contributed by atoms with E-state index in [0.29, 0.717) is 17.7 Å². The Morgan fingerprint density at radius 2 is 2.18 bits per heavy atom. The molecule has 1 aliphatic heterocycles. The fourth-order valence-corrected chi connectivity index (χ4v) is 3.72. The van der Waals surface area contributed by atoms with E-state index in [1.165, 1.54) is 13.2 Å². The molecule has 33 heavy (non-hydrogen) atoms. The number of Topliss-reactive ketones (excluding diaryl/α,β-unsaturated/α-hetero) is 1. The first kappa shape index (κ1) is 24.0. The number of nitrogens with zero attached hydrogens (tertiary/aromatic N) is 2. The van der Waals surface area contributed by atoms with E-state index >= 15 is 0 Å². The molecule has 3 rings (SSSR count). The van der Waals surface area contributed by atoms with Crippen molar-refractivity contribution in [3.05, 3.63) is 53.3 Å². The van der Waals surface area contributed by atoms with E-state index < -0.39 is 24.1 Å². The molecule has 1 aliphatic carbocycles. The quantitative estimate of drug-likeness (QED) is 0.516. The predicted octanol–water partition coefficient (Wildman–Crippen LogP) is 0.371. The lowest BCUT2D eigenvalue weighted by Gasteiger charge is -2.28. The van der Waals surface area contributed by atoms with Crippen molar-refractivity contribution in [1.29, 1.82) is 5.26 Å². The third-order valence-corrected chi connectivity index (χ3v) is 5.32. The first-order valence-electron chi connectivity index (χ1n) is 10.4. The van der Waals surface area contributed by atoms with Gasteiger partial charge in [0.2, 0.25) is 6.23 Å². The summed E-state index contributed by atoms with van der Waals surface area (Å²) >= 11 is 0. The molecule has 0 spiro atoms. The van der Waals surface area contributed by atoms with Crippen LogP contribution in [0.5, 0.6) is 5.75 Å². The number of methoxy groups -OCH3 is 1. The maximum absolute atomic E-state index is 13.0. The number of allylic oxidation sites excluding steroid dienone is 1. The number of nitrogens with two attached hydrogens (primary N) is 1. The van der Waals surface area contributed by atoms with E-state index in [4.69, 9.17) is 25.2 Å². The van der Waals surface area contributed by atoms with Crippen molar-refractivity contribution in [1.82, 2.24) is 10.2 Å². The van der Waals surface area contributed by atoms with Crippen LogP contribution in [0, 0.1) is 17.2 Å². The lowest BCUT2D eigenvalue weighted by molar-refractivity contribution is -0.144. The smallest absolute Gasteiger partial charge is 0.270 e. The molecule has 0 saturated carbocycles. The SMILES string of the molecule is CCOC(C(=O)NCc1ccc(C#N)cc1OCC(N)=O)N1C=C2C=CC(OC)C(=O)C2C1. The minimum Gasteiger partial charge on any atom is -0.483 e. The molecule has 3 N–H and O–H groups in total. The van der Waals surface area contributed by atoms with E-state index in [1.807, 2.05) is 12.1 Å². The molecule has 3 atom stereocenters. The van der Waals surface area contributed by atoms with Crippen LogP contribution in [0.2, 0.25) is 0 Å². The summed E-state index contributed by atoms with van der Waals surface area (Å²) in [6.07, 6.45) is 3.75. The molecule has 0 aromatic heterocycles. The van der Waals surface area contributed by atoms with Gasteiger partial charge in [0.25, 0.3) is 11.8 Å². The van der Waals surface area contributed by atoms with Crippen LogP contribution in [-0.4, -0.2) is 61.7 Å². The summed E-state index contributed by atoms with van der Waals surface area (Å²) in [5.41, 5.74) is 6.85. The van der Waals surface area contributed by atoms with E-state index in [9.17, 15) is 14.4 Å². The highest BCUT2D eigenvalue weighted by molar-refractivity contribution is 5.92. The molecular formula is C23H26N4O6. The van der Waals surface area contributed by atoms with Gasteiger partial charge in [-0.2, -0.15) is 5.26 Å². The number of ether oxygens (including phenoxy) is 3. The molecule has 0 saturated heterocycles. The van der Waals surface area contributed by atoms with Crippen LogP contribution < -0.4 is 15.8 Å². The lowest BCUT2D eigenvalue weighted by Crippen LogP contribution is -2.47. The van der Waals surface area contributed by atoms with Gasteiger partial charge in [-0.15, -0.1) is 0 Å². The average Bonchev–Trinajstić information content (AvgIpc) is 3.24. The number of primary amides is 1. The maximum Gasteiger partial charge on any atom is 0.270 e. The molecule has 0 fully saturated rings. The van der Waals surface area contributed by atoms with Crippen LogP contribution >= 0.6 is 0 Å². The number of hydrogen-bond acceptors (Lipinski definition) is 8. The Hall–Kier alpha value is -3.68. The number of nitrogens with one attached hydrogen (secondary N) is 1. The average molecular weight is 454 g/mol. The second-order valence-corrected chi connectivity index (χ2v) is 7.51. The molecule has 1 aromatic carbocycles. The van der Waals surface area contributed by atoms with Gasteiger partial charge >= 0.3 is 0 Å².